The number of carbonyl (C=O) groups is 1. The van der Waals surface area contributed by atoms with Crippen LogP contribution >= 0.6 is 0 Å². The van der Waals surface area contributed by atoms with Gasteiger partial charge in [0.25, 0.3) is 5.91 Å². The van der Waals surface area contributed by atoms with E-state index >= 15 is 0 Å². The van der Waals surface area contributed by atoms with E-state index in [0.717, 1.165) is 18.7 Å². The molecule has 160 valence electrons. The number of carbonyl (C=O) groups excluding carboxylic acids is 1. The molecule has 0 saturated carbocycles. The largest absolute Gasteiger partial charge is 0.496 e. The molecule has 31 heavy (non-hydrogen) atoms. The molecule has 5 rings (SSSR count). The van der Waals surface area contributed by atoms with Crippen molar-refractivity contribution in [3.63, 3.8) is 0 Å². The maximum atomic E-state index is 13.5. The molecule has 7 nitrogen and oxygen atoms in total. The van der Waals surface area contributed by atoms with Gasteiger partial charge in [0.1, 0.15) is 11.3 Å². The molecular weight excluding hydrogens is 396 g/mol. The first-order valence-corrected chi connectivity index (χ1v) is 10.5. The Morgan fingerprint density at radius 2 is 1.74 bits per heavy atom. The predicted octanol–water partition coefficient (Wildman–Crippen LogP) is 2.68. The molecule has 1 atom stereocenters. The number of benzene rings is 2. The zero-order valence-electron chi connectivity index (χ0n) is 17.4. The Morgan fingerprint density at radius 3 is 2.55 bits per heavy atom. The van der Waals surface area contributed by atoms with Crippen LogP contribution in [0.3, 0.4) is 0 Å². The number of rotatable bonds is 5. The molecule has 0 N–H and O–H groups in total. The monoisotopic (exact) mass is 420 g/mol. The van der Waals surface area contributed by atoms with Crippen LogP contribution in [0.15, 0.2) is 57.7 Å². The number of para-hydroxylation sites is 2. The first-order valence-electron chi connectivity index (χ1n) is 10.5. The zero-order valence-corrected chi connectivity index (χ0v) is 17.4. The molecule has 3 heterocycles. The minimum atomic E-state index is -0.555. The lowest BCUT2D eigenvalue weighted by atomic mass is 9.97. The van der Waals surface area contributed by atoms with Crippen molar-refractivity contribution in [1.82, 2.24) is 9.80 Å². The first kappa shape index (κ1) is 19.8. The van der Waals surface area contributed by atoms with Crippen molar-refractivity contribution in [3.8, 4) is 5.75 Å². The van der Waals surface area contributed by atoms with Crippen LogP contribution in [0.2, 0.25) is 0 Å². The number of amides is 1. The Kier molecular flexibility index (Phi) is 5.21. The number of morpholine rings is 1. The van der Waals surface area contributed by atoms with Crippen molar-refractivity contribution in [2.24, 2.45) is 0 Å². The van der Waals surface area contributed by atoms with Gasteiger partial charge in [-0.15, -0.1) is 0 Å². The van der Waals surface area contributed by atoms with Crippen molar-refractivity contribution in [1.29, 1.82) is 0 Å². The summed E-state index contributed by atoms with van der Waals surface area (Å²) in [6, 6.07) is 14.0. The smallest absolute Gasteiger partial charge is 0.290 e. The van der Waals surface area contributed by atoms with E-state index in [9.17, 15) is 9.59 Å². The third kappa shape index (κ3) is 3.40. The van der Waals surface area contributed by atoms with E-state index in [1.165, 1.54) is 0 Å². The summed E-state index contributed by atoms with van der Waals surface area (Å²) in [6.07, 6.45) is 0. The van der Waals surface area contributed by atoms with Crippen molar-refractivity contribution in [3.05, 3.63) is 75.6 Å². The van der Waals surface area contributed by atoms with Gasteiger partial charge in [0.2, 0.25) is 5.76 Å². The second kappa shape index (κ2) is 8.17. The number of nitrogens with zero attached hydrogens (tertiary/aromatic N) is 2. The minimum Gasteiger partial charge on any atom is -0.496 e. The van der Waals surface area contributed by atoms with Gasteiger partial charge < -0.3 is 18.8 Å². The predicted molar refractivity (Wildman–Crippen MR) is 116 cm³/mol. The van der Waals surface area contributed by atoms with Crippen LogP contribution < -0.4 is 10.2 Å². The van der Waals surface area contributed by atoms with E-state index in [0.29, 0.717) is 48.6 Å². The fourth-order valence-electron chi connectivity index (χ4n) is 4.49. The van der Waals surface area contributed by atoms with E-state index in [1.807, 2.05) is 24.3 Å². The highest BCUT2D eigenvalue weighted by Crippen LogP contribution is 2.41. The van der Waals surface area contributed by atoms with Gasteiger partial charge in [-0.3, -0.25) is 14.5 Å². The van der Waals surface area contributed by atoms with Crippen LogP contribution in [0, 0.1) is 0 Å². The standard InChI is InChI=1S/C24H24N2O5/c1-29-18-8-4-2-6-16(18)21-20-22(27)17-7-3-5-9-19(17)31-23(20)24(28)26(21)11-10-25-12-14-30-15-13-25/h2-9,21H,10-15H2,1H3/t21-/m0/s1. The molecule has 1 aromatic heterocycles. The second-order valence-corrected chi connectivity index (χ2v) is 7.77. The maximum absolute atomic E-state index is 13.5. The summed E-state index contributed by atoms with van der Waals surface area (Å²) in [5.41, 5.74) is 1.42. The molecule has 0 aliphatic carbocycles. The molecule has 0 bridgehead atoms. The summed E-state index contributed by atoms with van der Waals surface area (Å²) in [6.45, 7) is 4.21. The highest BCUT2D eigenvalue weighted by Gasteiger charge is 2.43. The molecular formula is C24H24N2O5. The van der Waals surface area contributed by atoms with Crippen molar-refractivity contribution < 1.29 is 18.7 Å². The molecule has 1 amide bonds. The Morgan fingerprint density at radius 1 is 1.00 bits per heavy atom. The third-order valence-electron chi connectivity index (χ3n) is 6.07. The van der Waals surface area contributed by atoms with Gasteiger partial charge >= 0.3 is 0 Å². The highest BCUT2D eigenvalue weighted by molar-refractivity contribution is 5.99. The van der Waals surface area contributed by atoms with Crippen molar-refractivity contribution in [2.45, 2.75) is 6.04 Å². The quantitative estimate of drug-likeness (QED) is 0.632. The summed E-state index contributed by atoms with van der Waals surface area (Å²) in [5.74, 6) is 0.501. The SMILES string of the molecule is COc1ccccc1[C@H]1c2c(oc3ccccc3c2=O)C(=O)N1CCN1CCOCC1. The number of hydrogen-bond donors (Lipinski definition) is 0. The van der Waals surface area contributed by atoms with Gasteiger partial charge in [-0.25, -0.2) is 0 Å². The molecule has 0 unspecified atom stereocenters. The van der Waals surface area contributed by atoms with Crippen LogP contribution in [0.25, 0.3) is 11.0 Å². The van der Waals surface area contributed by atoms with E-state index in [4.69, 9.17) is 13.9 Å². The molecule has 0 spiro atoms. The van der Waals surface area contributed by atoms with Crippen LogP contribution in [-0.4, -0.2) is 62.2 Å². The average molecular weight is 420 g/mol. The van der Waals surface area contributed by atoms with Crippen LogP contribution in [-0.2, 0) is 4.74 Å². The third-order valence-corrected chi connectivity index (χ3v) is 6.07. The highest BCUT2D eigenvalue weighted by atomic mass is 16.5. The lowest BCUT2D eigenvalue weighted by molar-refractivity contribution is 0.0314. The number of methoxy groups -OCH3 is 1. The van der Waals surface area contributed by atoms with Crippen LogP contribution in [0.5, 0.6) is 5.75 Å². The molecule has 1 fully saturated rings. The molecule has 1 saturated heterocycles. The number of ether oxygens (including phenoxy) is 2. The Balaban J connectivity index is 1.62. The second-order valence-electron chi connectivity index (χ2n) is 7.77. The molecule has 2 aliphatic rings. The normalized spacial score (nSPS) is 19.1. The Hall–Kier alpha value is -3.16. The Labute approximate surface area is 179 Å². The van der Waals surface area contributed by atoms with Crippen LogP contribution in [0.1, 0.15) is 27.7 Å². The average Bonchev–Trinajstić information content (AvgIpc) is 3.10. The Bertz CT molecular complexity index is 1180. The van der Waals surface area contributed by atoms with Crippen molar-refractivity contribution in [2.75, 3.05) is 46.5 Å². The van der Waals surface area contributed by atoms with E-state index in [1.54, 1.807) is 36.3 Å². The first-order chi connectivity index (χ1) is 15.2. The number of hydrogen-bond acceptors (Lipinski definition) is 6. The molecule has 2 aliphatic heterocycles. The molecule has 3 aromatic rings. The van der Waals surface area contributed by atoms with Gasteiger partial charge in [0, 0.05) is 31.7 Å². The molecule has 7 heteroatoms. The summed E-state index contributed by atoms with van der Waals surface area (Å²) < 4.78 is 17.0. The van der Waals surface area contributed by atoms with E-state index in [2.05, 4.69) is 4.90 Å². The summed E-state index contributed by atoms with van der Waals surface area (Å²) in [4.78, 5) is 31.0. The molecule has 0 radical (unpaired) electrons. The minimum absolute atomic E-state index is 0.126. The topological polar surface area (TPSA) is 72.2 Å². The number of fused-ring (bicyclic) bond motifs is 2. The van der Waals surface area contributed by atoms with Gasteiger partial charge in [0.05, 0.1) is 37.3 Å². The van der Waals surface area contributed by atoms with E-state index in [-0.39, 0.29) is 17.1 Å². The summed E-state index contributed by atoms with van der Waals surface area (Å²) in [7, 11) is 1.59. The lowest BCUT2D eigenvalue weighted by Gasteiger charge is -2.31. The maximum Gasteiger partial charge on any atom is 0.290 e. The van der Waals surface area contributed by atoms with Gasteiger partial charge in [-0.2, -0.15) is 0 Å². The summed E-state index contributed by atoms with van der Waals surface area (Å²) in [5, 5.41) is 0.476. The zero-order chi connectivity index (χ0) is 21.4. The molecule has 2 aromatic carbocycles. The lowest BCUT2D eigenvalue weighted by Crippen LogP contribution is -2.42. The van der Waals surface area contributed by atoms with E-state index < -0.39 is 6.04 Å². The van der Waals surface area contributed by atoms with Crippen molar-refractivity contribution >= 4 is 16.9 Å². The van der Waals surface area contributed by atoms with Gasteiger partial charge in [-0.1, -0.05) is 30.3 Å². The fourth-order valence-corrected chi connectivity index (χ4v) is 4.49. The fraction of sp³-hybridized carbons (Fsp3) is 0.333. The van der Waals surface area contributed by atoms with Gasteiger partial charge in [-0.05, 0) is 18.2 Å². The van der Waals surface area contributed by atoms with Crippen LogP contribution in [0.4, 0.5) is 0 Å². The summed E-state index contributed by atoms with van der Waals surface area (Å²) >= 11 is 0. The van der Waals surface area contributed by atoms with Gasteiger partial charge in [0.15, 0.2) is 5.43 Å².